The monoisotopic (exact) mass is 440 g/mol. The van der Waals surface area contributed by atoms with Crippen molar-refractivity contribution in [3.05, 3.63) is 47.2 Å². The molecule has 1 N–H and O–H groups in total. The van der Waals surface area contributed by atoms with Gasteiger partial charge in [-0.3, -0.25) is 4.79 Å². The van der Waals surface area contributed by atoms with Crippen LogP contribution in [0.4, 0.5) is 15.9 Å². The van der Waals surface area contributed by atoms with Crippen molar-refractivity contribution in [1.29, 1.82) is 0 Å². The smallest absolute Gasteiger partial charge is 0.224 e. The third-order valence-electron chi connectivity index (χ3n) is 6.56. The van der Waals surface area contributed by atoms with Crippen molar-refractivity contribution in [2.45, 2.75) is 38.1 Å². The van der Waals surface area contributed by atoms with Gasteiger partial charge in [-0.25, -0.2) is 14.4 Å². The molecule has 1 amide bonds. The summed E-state index contributed by atoms with van der Waals surface area (Å²) in [7, 11) is 5.92. The molecule has 1 saturated heterocycles. The van der Waals surface area contributed by atoms with E-state index < -0.39 is 0 Å². The number of nitrogens with one attached hydrogen (secondary N) is 1. The highest BCUT2D eigenvalue weighted by Gasteiger charge is 2.29. The molecule has 4 rings (SSSR count). The van der Waals surface area contributed by atoms with Gasteiger partial charge in [-0.05, 0) is 44.5 Å². The molecule has 2 aromatic rings. The molecule has 172 valence electrons. The molecule has 32 heavy (non-hydrogen) atoms. The number of hydrogen-bond donors (Lipinski definition) is 1. The first kappa shape index (κ1) is 22.5. The summed E-state index contributed by atoms with van der Waals surface area (Å²) in [5.74, 6) is 1.79. The Hall–Kier alpha value is -2.74. The number of hydrogen-bond acceptors (Lipinski definition) is 6. The molecule has 1 unspecified atom stereocenters. The van der Waals surface area contributed by atoms with Crippen LogP contribution in [0.5, 0.6) is 0 Å². The normalized spacial score (nSPS) is 18.9. The summed E-state index contributed by atoms with van der Waals surface area (Å²) in [5.41, 5.74) is 3.10. The maximum atomic E-state index is 13.5. The van der Waals surface area contributed by atoms with E-state index >= 15 is 0 Å². The summed E-state index contributed by atoms with van der Waals surface area (Å²) in [6.07, 6.45) is 3.30. The van der Waals surface area contributed by atoms with Crippen LogP contribution in [0.25, 0.3) is 0 Å². The molecule has 2 aliphatic heterocycles. The number of halogens is 1. The number of likely N-dealkylation sites (tertiary alicyclic amines) is 1. The third kappa shape index (κ3) is 5.01. The number of carbonyl (C=O) groups excluding carboxylic acids is 1. The average molecular weight is 441 g/mol. The lowest BCUT2D eigenvalue weighted by atomic mass is 9.96. The quantitative estimate of drug-likeness (QED) is 0.745. The van der Waals surface area contributed by atoms with Crippen LogP contribution < -0.4 is 10.2 Å². The van der Waals surface area contributed by atoms with Gasteiger partial charge < -0.3 is 20.0 Å². The number of aromatic nitrogens is 2. The molecule has 8 heteroatoms. The van der Waals surface area contributed by atoms with Gasteiger partial charge in [-0.2, -0.15) is 0 Å². The van der Waals surface area contributed by atoms with E-state index in [2.05, 4.69) is 17.3 Å². The number of benzene rings is 1. The van der Waals surface area contributed by atoms with E-state index in [0.29, 0.717) is 19.5 Å². The molecule has 0 bridgehead atoms. The number of amides is 1. The lowest BCUT2D eigenvalue weighted by Crippen LogP contribution is -2.41. The van der Waals surface area contributed by atoms with Crippen LogP contribution in [-0.4, -0.2) is 73.0 Å². The second kappa shape index (κ2) is 9.81. The molecule has 0 saturated carbocycles. The molecule has 1 atom stereocenters. The average Bonchev–Trinajstić information content (AvgIpc) is 2.81. The lowest BCUT2D eigenvalue weighted by Gasteiger charge is -2.33. The molecule has 7 nitrogen and oxygen atoms in total. The Bertz CT molecular complexity index is 968. The van der Waals surface area contributed by atoms with Crippen molar-refractivity contribution in [2.75, 3.05) is 57.5 Å². The van der Waals surface area contributed by atoms with E-state index in [1.54, 1.807) is 6.07 Å². The number of carbonyl (C=O) groups is 1. The van der Waals surface area contributed by atoms with Gasteiger partial charge in [-0.1, -0.05) is 6.07 Å². The zero-order valence-corrected chi connectivity index (χ0v) is 19.3. The Labute approximate surface area is 189 Å². The zero-order chi connectivity index (χ0) is 22.7. The van der Waals surface area contributed by atoms with Crippen LogP contribution in [0.3, 0.4) is 0 Å². The van der Waals surface area contributed by atoms with Gasteiger partial charge >= 0.3 is 0 Å². The number of nitrogens with zero attached hydrogens (tertiary/aromatic N) is 5. The molecule has 0 radical (unpaired) electrons. The maximum absolute atomic E-state index is 13.5. The van der Waals surface area contributed by atoms with E-state index in [4.69, 9.17) is 9.97 Å². The van der Waals surface area contributed by atoms with Crippen LogP contribution in [0, 0.1) is 5.82 Å². The van der Waals surface area contributed by atoms with Gasteiger partial charge in [0.2, 0.25) is 5.91 Å². The highest BCUT2D eigenvalue weighted by molar-refractivity contribution is 5.77. The van der Waals surface area contributed by atoms with Gasteiger partial charge in [0.05, 0.1) is 5.69 Å². The topological polar surface area (TPSA) is 64.6 Å². The largest absolute Gasteiger partial charge is 0.374 e. The number of rotatable bonds is 6. The minimum atomic E-state index is -0.267. The van der Waals surface area contributed by atoms with Gasteiger partial charge in [-0.15, -0.1) is 0 Å². The molecule has 2 aliphatic rings. The minimum absolute atomic E-state index is 0.129. The molecule has 1 aromatic heterocycles. The van der Waals surface area contributed by atoms with Crippen LogP contribution >= 0.6 is 0 Å². The first-order chi connectivity index (χ1) is 15.4. The molecular formula is C24H33FN6O. The van der Waals surface area contributed by atoms with Gasteiger partial charge in [0.25, 0.3) is 0 Å². The summed E-state index contributed by atoms with van der Waals surface area (Å²) >= 11 is 0. The van der Waals surface area contributed by atoms with E-state index in [1.807, 2.05) is 30.0 Å². The Morgan fingerprint density at radius 1 is 1.31 bits per heavy atom. The fraction of sp³-hybridized carbons (Fsp3) is 0.542. The lowest BCUT2D eigenvalue weighted by molar-refractivity contribution is -0.132. The maximum Gasteiger partial charge on any atom is 0.224 e. The highest BCUT2D eigenvalue weighted by Crippen LogP contribution is 2.29. The first-order valence-corrected chi connectivity index (χ1v) is 11.4. The molecule has 1 fully saturated rings. The molecule has 3 heterocycles. The van der Waals surface area contributed by atoms with E-state index in [0.717, 1.165) is 61.9 Å². The summed E-state index contributed by atoms with van der Waals surface area (Å²) < 4.78 is 13.5. The second-order valence-corrected chi connectivity index (χ2v) is 8.92. The van der Waals surface area contributed by atoms with Crippen LogP contribution in [0.15, 0.2) is 24.3 Å². The summed E-state index contributed by atoms with van der Waals surface area (Å²) in [6.45, 7) is 3.82. The number of piperidine rings is 1. The van der Waals surface area contributed by atoms with Crippen molar-refractivity contribution in [3.8, 4) is 0 Å². The highest BCUT2D eigenvalue weighted by atomic mass is 19.1. The van der Waals surface area contributed by atoms with Crippen LogP contribution in [-0.2, 0) is 17.8 Å². The van der Waals surface area contributed by atoms with Crippen molar-refractivity contribution < 1.29 is 9.18 Å². The summed E-state index contributed by atoms with van der Waals surface area (Å²) in [6, 6.07) is 6.46. The number of likely N-dealkylation sites (N-methyl/N-ethyl adjacent to an activating group) is 1. The summed E-state index contributed by atoms with van der Waals surface area (Å²) in [4.78, 5) is 28.9. The van der Waals surface area contributed by atoms with Gasteiger partial charge in [0, 0.05) is 70.4 Å². The predicted octanol–water partition coefficient (Wildman–Crippen LogP) is 2.88. The molecule has 0 aliphatic carbocycles. The molecule has 1 aromatic carbocycles. The van der Waals surface area contributed by atoms with Crippen molar-refractivity contribution in [3.63, 3.8) is 0 Å². The second-order valence-electron chi connectivity index (χ2n) is 8.92. The predicted molar refractivity (Wildman–Crippen MR) is 124 cm³/mol. The van der Waals surface area contributed by atoms with Gasteiger partial charge in [0.1, 0.15) is 17.5 Å². The first-order valence-electron chi connectivity index (χ1n) is 11.4. The third-order valence-corrected chi connectivity index (χ3v) is 6.56. The number of anilines is 2. The molecule has 0 spiro atoms. The Kier molecular flexibility index (Phi) is 6.89. The molecular weight excluding hydrogens is 407 g/mol. The van der Waals surface area contributed by atoms with E-state index in [1.165, 1.54) is 17.7 Å². The van der Waals surface area contributed by atoms with Crippen LogP contribution in [0.2, 0.25) is 0 Å². The SMILES string of the molecule is CNc1nc(C2CCCN(C(=O)CCN(C)c3cccc(F)c3)C2)nc2c1CCN(C)C2. The van der Waals surface area contributed by atoms with E-state index in [-0.39, 0.29) is 17.6 Å². The van der Waals surface area contributed by atoms with Crippen molar-refractivity contribution >= 4 is 17.4 Å². The zero-order valence-electron chi connectivity index (χ0n) is 19.3. The number of fused-ring (bicyclic) bond motifs is 1. The fourth-order valence-electron chi connectivity index (χ4n) is 4.65. The minimum Gasteiger partial charge on any atom is -0.374 e. The summed E-state index contributed by atoms with van der Waals surface area (Å²) in [5, 5.41) is 3.25. The fourth-order valence-corrected chi connectivity index (χ4v) is 4.65. The van der Waals surface area contributed by atoms with Crippen LogP contribution in [0.1, 0.15) is 42.3 Å². The standard InChI is InChI=1S/C24H33FN6O/c1-26-24-20-9-12-29(2)16-21(20)27-23(28-24)17-6-5-11-31(15-17)22(32)10-13-30(3)19-8-4-7-18(25)14-19/h4,7-8,14,17H,5-6,9-13,15-16H2,1-3H3,(H,26,27,28). The Balaban J connectivity index is 1.41. The van der Waals surface area contributed by atoms with Crippen molar-refractivity contribution in [2.24, 2.45) is 0 Å². The Morgan fingerprint density at radius 3 is 2.94 bits per heavy atom. The van der Waals surface area contributed by atoms with Crippen molar-refractivity contribution in [1.82, 2.24) is 19.8 Å². The van der Waals surface area contributed by atoms with Gasteiger partial charge in [0.15, 0.2) is 0 Å². The van der Waals surface area contributed by atoms with E-state index in [9.17, 15) is 9.18 Å². The Morgan fingerprint density at radius 2 is 2.16 bits per heavy atom.